The molecule has 2 fully saturated rings. The zero-order chi connectivity index (χ0) is 8.27. The molecular weight excluding hydrogens is 134 g/mol. The average molecular weight is 155 g/mol. The lowest BCUT2D eigenvalue weighted by Gasteiger charge is -2.02. The Balaban J connectivity index is 0.000000281. The predicted octanol–water partition coefficient (Wildman–Crippen LogP) is 2.28. The van der Waals surface area contributed by atoms with Gasteiger partial charge in [0.2, 0.25) is 0 Å². The van der Waals surface area contributed by atoms with Crippen LogP contribution in [0.25, 0.3) is 0 Å². The van der Waals surface area contributed by atoms with Crippen molar-refractivity contribution >= 4 is 0 Å². The van der Waals surface area contributed by atoms with E-state index < -0.39 is 0 Å². The molecule has 1 saturated carbocycles. The second kappa shape index (κ2) is 4.10. The normalized spacial score (nSPS) is 41.2. The van der Waals surface area contributed by atoms with Crippen LogP contribution in [0.15, 0.2) is 0 Å². The molecule has 2 aliphatic rings. The zero-order valence-corrected chi connectivity index (χ0v) is 8.06. The van der Waals surface area contributed by atoms with Gasteiger partial charge in [0.1, 0.15) is 0 Å². The molecule has 1 N–H and O–H groups in total. The van der Waals surface area contributed by atoms with Crippen LogP contribution in [0.4, 0.5) is 0 Å². The Hall–Kier alpha value is -0.0400. The molecule has 1 heteroatoms. The Morgan fingerprint density at radius 2 is 1.45 bits per heavy atom. The van der Waals surface area contributed by atoms with Crippen LogP contribution in [-0.4, -0.2) is 13.1 Å². The number of rotatable bonds is 0. The van der Waals surface area contributed by atoms with Crippen LogP contribution in [0, 0.1) is 17.8 Å². The molecule has 0 spiro atoms. The lowest BCUT2D eigenvalue weighted by atomic mass is 10.0. The summed E-state index contributed by atoms with van der Waals surface area (Å²) in [6.07, 6.45) is 2.97. The molecule has 0 amide bonds. The molecule has 1 saturated heterocycles. The minimum absolute atomic E-state index is 1.02. The second-order valence-corrected chi connectivity index (χ2v) is 3.75. The van der Waals surface area contributed by atoms with Gasteiger partial charge in [-0.25, -0.2) is 0 Å². The van der Waals surface area contributed by atoms with Crippen molar-refractivity contribution in [2.24, 2.45) is 17.8 Å². The van der Waals surface area contributed by atoms with E-state index in [-0.39, 0.29) is 0 Å². The highest BCUT2D eigenvalue weighted by Gasteiger charge is 2.34. The van der Waals surface area contributed by atoms with Crippen molar-refractivity contribution < 1.29 is 0 Å². The predicted molar refractivity (Wildman–Crippen MR) is 49.6 cm³/mol. The van der Waals surface area contributed by atoms with Gasteiger partial charge in [-0.2, -0.15) is 0 Å². The fourth-order valence-corrected chi connectivity index (χ4v) is 2.47. The molecule has 11 heavy (non-hydrogen) atoms. The van der Waals surface area contributed by atoms with Crippen LogP contribution in [0.2, 0.25) is 0 Å². The quantitative estimate of drug-likeness (QED) is 0.566. The van der Waals surface area contributed by atoms with E-state index in [0.717, 1.165) is 17.8 Å². The molecule has 3 atom stereocenters. The van der Waals surface area contributed by atoms with Gasteiger partial charge in [-0.3, -0.25) is 0 Å². The fraction of sp³-hybridized carbons (Fsp3) is 1.00. The highest BCUT2D eigenvalue weighted by molar-refractivity contribution is 4.88. The molecule has 0 aromatic heterocycles. The third kappa shape index (κ3) is 1.96. The summed E-state index contributed by atoms with van der Waals surface area (Å²) in [6, 6.07) is 0. The van der Waals surface area contributed by atoms with E-state index in [1.54, 1.807) is 0 Å². The Bertz CT molecular complexity index is 99.4. The van der Waals surface area contributed by atoms with E-state index in [0.29, 0.717) is 0 Å². The molecule has 2 unspecified atom stereocenters. The van der Waals surface area contributed by atoms with Crippen molar-refractivity contribution in [1.29, 1.82) is 0 Å². The maximum absolute atomic E-state index is 3.44. The van der Waals surface area contributed by atoms with Crippen molar-refractivity contribution in [3.05, 3.63) is 0 Å². The van der Waals surface area contributed by atoms with Gasteiger partial charge in [0.15, 0.2) is 0 Å². The number of hydrogen-bond donors (Lipinski definition) is 1. The highest BCUT2D eigenvalue weighted by Crippen LogP contribution is 2.37. The Kier molecular flexibility index (Phi) is 3.38. The fourth-order valence-electron chi connectivity index (χ4n) is 2.47. The topological polar surface area (TPSA) is 12.0 Å². The second-order valence-electron chi connectivity index (χ2n) is 3.75. The maximum atomic E-state index is 3.44. The van der Waals surface area contributed by atoms with Crippen molar-refractivity contribution in [2.75, 3.05) is 13.1 Å². The van der Waals surface area contributed by atoms with E-state index in [9.17, 15) is 0 Å². The molecule has 1 aliphatic carbocycles. The van der Waals surface area contributed by atoms with E-state index in [1.165, 1.54) is 25.9 Å². The van der Waals surface area contributed by atoms with Crippen molar-refractivity contribution in [3.63, 3.8) is 0 Å². The number of fused-ring (bicyclic) bond motifs is 1. The van der Waals surface area contributed by atoms with Crippen LogP contribution >= 0.6 is 0 Å². The van der Waals surface area contributed by atoms with Gasteiger partial charge in [0.05, 0.1) is 0 Å². The first-order valence-electron chi connectivity index (χ1n) is 5.07. The van der Waals surface area contributed by atoms with E-state index >= 15 is 0 Å². The summed E-state index contributed by atoms with van der Waals surface area (Å²) in [5, 5.41) is 3.44. The Morgan fingerprint density at radius 3 is 1.91 bits per heavy atom. The van der Waals surface area contributed by atoms with Crippen LogP contribution in [-0.2, 0) is 0 Å². The molecule has 1 aliphatic heterocycles. The number of nitrogens with one attached hydrogen (secondary N) is 1. The van der Waals surface area contributed by atoms with Crippen molar-refractivity contribution in [1.82, 2.24) is 5.32 Å². The summed E-state index contributed by atoms with van der Waals surface area (Å²) in [5.74, 6) is 3.10. The maximum Gasteiger partial charge on any atom is -0.00172 e. The molecule has 1 heterocycles. The summed E-state index contributed by atoms with van der Waals surface area (Å²) in [5.41, 5.74) is 0. The van der Waals surface area contributed by atoms with Gasteiger partial charge in [-0.15, -0.1) is 0 Å². The minimum atomic E-state index is 1.02. The van der Waals surface area contributed by atoms with Gasteiger partial charge in [-0.05, 0) is 43.7 Å². The number of hydrogen-bond acceptors (Lipinski definition) is 1. The molecule has 0 aromatic carbocycles. The van der Waals surface area contributed by atoms with Gasteiger partial charge >= 0.3 is 0 Å². The molecule has 1 nitrogen and oxygen atoms in total. The largest absolute Gasteiger partial charge is 0.316 e. The molecule has 2 rings (SSSR count). The monoisotopic (exact) mass is 155 g/mol. The van der Waals surface area contributed by atoms with Crippen molar-refractivity contribution in [3.8, 4) is 0 Å². The highest BCUT2D eigenvalue weighted by atomic mass is 14.9. The summed E-state index contributed by atoms with van der Waals surface area (Å²) >= 11 is 0. The first-order valence-corrected chi connectivity index (χ1v) is 5.07. The lowest BCUT2D eigenvalue weighted by molar-refractivity contribution is 0.494. The average Bonchev–Trinajstić information content (AvgIpc) is 2.51. The lowest BCUT2D eigenvalue weighted by Crippen LogP contribution is -2.10. The Morgan fingerprint density at radius 1 is 1.00 bits per heavy atom. The van der Waals surface area contributed by atoms with E-state index in [2.05, 4.69) is 12.2 Å². The third-order valence-corrected chi connectivity index (χ3v) is 2.89. The molecule has 66 valence electrons. The third-order valence-electron chi connectivity index (χ3n) is 2.89. The molecular formula is C10H21N. The van der Waals surface area contributed by atoms with Crippen LogP contribution in [0.3, 0.4) is 0 Å². The first kappa shape index (κ1) is 9.05. The van der Waals surface area contributed by atoms with Crippen LogP contribution in [0.1, 0.15) is 33.6 Å². The van der Waals surface area contributed by atoms with Gasteiger partial charge < -0.3 is 5.32 Å². The van der Waals surface area contributed by atoms with Gasteiger partial charge in [0.25, 0.3) is 0 Å². The SMILES string of the molecule is CC.CC1CC2CNC[C@@H]2C1. The smallest absolute Gasteiger partial charge is 0.00172 e. The summed E-state index contributed by atoms with van der Waals surface area (Å²) in [7, 11) is 0. The first-order chi connectivity index (χ1) is 5.36. The van der Waals surface area contributed by atoms with Gasteiger partial charge in [0, 0.05) is 0 Å². The minimum Gasteiger partial charge on any atom is -0.316 e. The van der Waals surface area contributed by atoms with E-state index in [1.807, 2.05) is 13.8 Å². The van der Waals surface area contributed by atoms with Crippen LogP contribution in [0.5, 0.6) is 0 Å². The zero-order valence-electron chi connectivity index (χ0n) is 8.06. The summed E-state index contributed by atoms with van der Waals surface area (Å²) in [4.78, 5) is 0. The van der Waals surface area contributed by atoms with Crippen molar-refractivity contribution in [2.45, 2.75) is 33.6 Å². The van der Waals surface area contributed by atoms with E-state index in [4.69, 9.17) is 0 Å². The summed E-state index contributed by atoms with van der Waals surface area (Å²) < 4.78 is 0. The Labute approximate surface area is 70.6 Å². The van der Waals surface area contributed by atoms with Gasteiger partial charge in [-0.1, -0.05) is 20.8 Å². The van der Waals surface area contributed by atoms with Crippen LogP contribution < -0.4 is 5.32 Å². The standard InChI is InChI=1S/C8H15N.C2H6/c1-6-2-7-4-9-5-8(7)3-6;1-2/h6-9H,2-5H2,1H3;1-2H3/t6?,7-,8?;/m0./s1. The molecule has 0 radical (unpaired) electrons. The summed E-state index contributed by atoms with van der Waals surface area (Å²) in [6.45, 7) is 8.99. The molecule has 0 bridgehead atoms. The molecule has 0 aromatic rings.